The molecule has 1 N–H and O–H groups in total. The summed E-state index contributed by atoms with van der Waals surface area (Å²) >= 11 is 0. The van der Waals surface area contributed by atoms with Crippen LogP contribution in [0.5, 0.6) is 0 Å². The number of hydrogen-bond donors (Lipinski definition) is 1. The molecule has 0 unspecified atom stereocenters. The molecule has 0 saturated carbocycles. The quantitative estimate of drug-likeness (QED) is 0.500. The number of carbonyl (C=O) groups excluding carboxylic acids is 1. The molecule has 0 bridgehead atoms. The number of benzene rings is 1. The molecule has 3 heteroatoms. The van der Waals surface area contributed by atoms with E-state index in [0.717, 1.165) is 6.42 Å². The van der Waals surface area contributed by atoms with Crippen LogP contribution in [0.4, 0.5) is 0 Å². The monoisotopic (exact) mass is 369 g/mol. The molecule has 1 radical (unpaired) electrons. The minimum atomic E-state index is 0. The first-order valence-corrected chi connectivity index (χ1v) is 4.66. The number of rotatable bonds is 3. The van der Waals surface area contributed by atoms with Crippen molar-refractivity contribution < 1.29 is 42.5 Å². The zero-order valence-electron chi connectivity index (χ0n) is 9.67. The summed E-state index contributed by atoms with van der Waals surface area (Å²) in [5.74, 6) is 0. The van der Waals surface area contributed by atoms with Gasteiger partial charge in [-0.2, -0.15) is 0 Å². The Hall–Kier alpha value is -0.330. The summed E-state index contributed by atoms with van der Waals surface area (Å²) in [4.78, 5) is 9.85. The molecule has 16 heavy (non-hydrogen) atoms. The number of nitrogens with one attached hydrogen (secondary N) is 1. The first-order chi connectivity index (χ1) is 7.35. The van der Waals surface area contributed by atoms with Crippen molar-refractivity contribution in [3.05, 3.63) is 35.9 Å². The molecule has 0 spiro atoms. The zero-order chi connectivity index (χ0) is 11.9. The molecule has 0 fully saturated rings. The van der Waals surface area contributed by atoms with Crippen LogP contribution in [0, 0.1) is 50.6 Å². The molecule has 0 heterocycles. The van der Waals surface area contributed by atoms with E-state index in [4.69, 9.17) is 0 Å². The summed E-state index contributed by atoms with van der Waals surface area (Å²) in [6.45, 7) is 0. The Labute approximate surface area is 129 Å². The second-order valence-electron chi connectivity index (χ2n) is 2.63. The van der Waals surface area contributed by atoms with E-state index >= 15 is 0 Å². The van der Waals surface area contributed by atoms with Gasteiger partial charge in [0.15, 0.2) is 0 Å². The fraction of sp³-hybridized carbons (Fsp3) is 0.308. The first kappa shape index (κ1) is 21.0. The van der Waals surface area contributed by atoms with Gasteiger partial charge in [0, 0.05) is 37.7 Å². The van der Waals surface area contributed by atoms with Crippen molar-refractivity contribution in [3.8, 4) is 12.8 Å². The number of aryl methyl sites for hydroxylation is 1. The fourth-order valence-electron chi connectivity index (χ4n) is 0.840. The van der Waals surface area contributed by atoms with Gasteiger partial charge in [-0.3, -0.25) is 6.29 Å². The summed E-state index contributed by atoms with van der Waals surface area (Å²) in [6.07, 6.45) is 11.2. The second kappa shape index (κ2) is 20.1. The maximum absolute atomic E-state index is 9.85. The third-order valence-corrected chi connectivity index (χ3v) is 1.36. The normalized spacial score (nSPS) is 7.00. The van der Waals surface area contributed by atoms with E-state index in [2.05, 4.69) is 18.2 Å². The van der Waals surface area contributed by atoms with Gasteiger partial charge in [0.05, 0.1) is 0 Å². The van der Waals surface area contributed by atoms with Crippen LogP contribution in [0.2, 0.25) is 0 Å². The molecule has 0 aliphatic rings. The van der Waals surface area contributed by atoms with Crippen LogP contribution >= 0.6 is 0 Å². The van der Waals surface area contributed by atoms with Crippen LogP contribution in [0.1, 0.15) is 12.0 Å². The van der Waals surface area contributed by atoms with E-state index in [1.165, 1.54) is 5.56 Å². The van der Waals surface area contributed by atoms with E-state index in [1.807, 2.05) is 50.7 Å². The van der Waals surface area contributed by atoms with Crippen molar-refractivity contribution in [1.82, 2.24) is 5.32 Å². The van der Waals surface area contributed by atoms with E-state index in [9.17, 15) is 4.79 Å². The summed E-state index contributed by atoms with van der Waals surface area (Å²) in [6, 6.07) is 9.93. The molecule has 0 aliphatic carbocycles. The van der Waals surface area contributed by atoms with Gasteiger partial charge in [0.25, 0.3) is 0 Å². The Bertz CT molecular complexity index is 247. The van der Waals surface area contributed by atoms with Gasteiger partial charge in [0.2, 0.25) is 0 Å². The third kappa shape index (κ3) is 16.1. The van der Waals surface area contributed by atoms with Gasteiger partial charge in [0.1, 0.15) is 0 Å². The molecular weight excluding hydrogens is 351 g/mol. The van der Waals surface area contributed by atoms with Crippen molar-refractivity contribution in [2.24, 2.45) is 0 Å². The molecular formula is C13H18HoNO-. The Balaban J connectivity index is -0.000000246. The van der Waals surface area contributed by atoms with Crippen molar-refractivity contribution >= 4 is 6.29 Å². The molecule has 0 amide bonds. The SMILES string of the molecule is C#C.CNC.O=[C-]CCc1ccccc1.[Ho]. The van der Waals surface area contributed by atoms with Gasteiger partial charge in [-0.25, -0.2) is 0 Å². The Kier molecular flexibility index (Phi) is 26.4. The predicted molar refractivity (Wildman–Crippen MR) is 65.3 cm³/mol. The molecule has 0 saturated heterocycles. The minimum Gasteiger partial charge on any atom is -0.542 e. The van der Waals surface area contributed by atoms with Gasteiger partial charge < -0.3 is 10.1 Å². The van der Waals surface area contributed by atoms with Crippen LogP contribution in [0.25, 0.3) is 0 Å². The van der Waals surface area contributed by atoms with Gasteiger partial charge >= 0.3 is 0 Å². The Morgan fingerprint density at radius 2 is 1.62 bits per heavy atom. The van der Waals surface area contributed by atoms with Crippen molar-refractivity contribution in [3.63, 3.8) is 0 Å². The average molecular weight is 369 g/mol. The summed E-state index contributed by atoms with van der Waals surface area (Å²) in [7, 11) is 3.75. The smallest absolute Gasteiger partial charge is 0 e. The first-order valence-electron chi connectivity index (χ1n) is 4.66. The summed E-state index contributed by atoms with van der Waals surface area (Å²) in [5, 5.41) is 2.75. The van der Waals surface area contributed by atoms with Crippen molar-refractivity contribution in [2.75, 3.05) is 14.1 Å². The molecule has 1 rings (SSSR count). The second-order valence-corrected chi connectivity index (χ2v) is 2.63. The number of hydrogen-bond acceptors (Lipinski definition) is 2. The van der Waals surface area contributed by atoms with Gasteiger partial charge in [-0.05, 0) is 14.1 Å². The molecule has 2 nitrogen and oxygen atoms in total. The molecule has 0 atom stereocenters. The molecule has 0 aromatic heterocycles. The molecule has 1 aromatic carbocycles. The number of terminal acetylenes is 1. The van der Waals surface area contributed by atoms with E-state index < -0.39 is 0 Å². The van der Waals surface area contributed by atoms with E-state index in [0.29, 0.717) is 6.42 Å². The molecule has 0 aliphatic heterocycles. The predicted octanol–water partition coefficient (Wildman–Crippen LogP) is 1.81. The molecule has 93 valence electrons. The Morgan fingerprint density at radius 3 is 2.00 bits per heavy atom. The summed E-state index contributed by atoms with van der Waals surface area (Å²) in [5.41, 5.74) is 1.20. The molecule has 1 aromatic rings. The Morgan fingerprint density at radius 1 is 1.19 bits per heavy atom. The van der Waals surface area contributed by atoms with E-state index in [1.54, 1.807) is 0 Å². The largest absolute Gasteiger partial charge is 0.542 e. The summed E-state index contributed by atoms with van der Waals surface area (Å²) < 4.78 is 0. The fourth-order valence-corrected chi connectivity index (χ4v) is 0.840. The van der Waals surface area contributed by atoms with Crippen LogP contribution < -0.4 is 5.32 Å². The van der Waals surface area contributed by atoms with Gasteiger partial charge in [-0.1, -0.05) is 42.3 Å². The minimum absolute atomic E-state index is 0. The van der Waals surface area contributed by atoms with Crippen LogP contribution in [-0.2, 0) is 11.2 Å². The van der Waals surface area contributed by atoms with Gasteiger partial charge in [-0.15, -0.1) is 19.3 Å². The van der Waals surface area contributed by atoms with E-state index in [-0.39, 0.29) is 37.7 Å². The van der Waals surface area contributed by atoms with Crippen molar-refractivity contribution in [1.29, 1.82) is 0 Å². The van der Waals surface area contributed by atoms with Crippen LogP contribution in [0.3, 0.4) is 0 Å². The van der Waals surface area contributed by atoms with Crippen LogP contribution in [0.15, 0.2) is 30.3 Å². The maximum Gasteiger partial charge on any atom is 0 e. The maximum atomic E-state index is 9.85. The van der Waals surface area contributed by atoms with Crippen LogP contribution in [-0.4, -0.2) is 20.4 Å². The topological polar surface area (TPSA) is 29.1 Å². The zero-order valence-corrected chi connectivity index (χ0v) is 11.6. The standard InChI is InChI=1S/C9H9O.C2H7N.C2H2.Ho/c10-8-4-7-9-5-2-1-3-6-9;1-3-2;1-2;/h1-3,5-6H,4,7H2;3H,1-2H3;1-2H;/q-1;;;. The van der Waals surface area contributed by atoms with Crippen molar-refractivity contribution in [2.45, 2.75) is 12.8 Å². The average Bonchev–Trinajstić information content (AvgIpc) is 2.31. The third-order valence-electron chi connectivity index (χ3n) is 1.36.